The van der Waals surface area contributed by atoms with Crippen molar-refractivity contribution >= 4 is 40.9 Å². The first-order chi connectivity index (χ1) is 13.9. The molecular formula is C23H28ClN3O3. The molecule has 0 aliphatic rings. The molecule has 0 spiro atoms. The number of carbonyl (C=O) groups excluding carboxylic acids is 2. The molecule has 1 aromatic heterocycles. The molecule has 0 saturated heterocycles. The number of hydrogen-bond acceptors (Lipinski definition) is 4. The van der Waals surface area contributed by atoms with Crippen molar-refractivity contribution in [3.05, 3.63) is 65.9 Å². The van der Waals surface area contributed by atoms with Gasteiger partial charge in [-0.1, -0.05) is 44.2 Å². The predicted octanol–water partition coefficient (Wildman–Crippen LogP) is 4.14. The summed E-state index contributed by atoms with van der Waals surface area (Å²) in [6.07, 6.45) is 1.13. The smallest absolute Gasteiger partial charge is 0.291 e. The quantitative estimate of drug-likeness (QED) is 0.501. The minimum Gasteiger partial charge on any atom is -0.451 e. The summed E-state index contributed by atoms with van der Waals surface area (Å²) < 4.78 is 5.58. The molecule has 0 bridgehead atoms. The zero-order valence-electron chi connectivity index (χ0n) is 17.2. The fourth-order valence-electron chi connectivity index (χ4n) is 3.24. The van der Waals surface area contributed by atoms with Crippen LogP contribution in [0, 0.1) is 5.92 Å². The van der Waals surface area contributed by atoms with E-state index in [1.165, 1.54) is 0 Å². The Kier molecular flexibility index (Phi) is 8.45. The molecule has 0 aliphatic heterocycles. The third-order valence-corrected chi connectivity index (χ3v) is 4.63. The Morgan fingerprint density at radius 1 is 1.07 bits per heavy atom. The zero-order chi connectivity index (χ0) is 20.8. The molecule has 7 heteroatoms. The van der Waals surface area contributed by atoms with Crippen molar-refractivity contribution in [3.63, 3.8) is 0 Å². The first kappa shape index (κ1) is 23.4. The average molecular weight is 430 g/mol. The molecular weight excluding hydrogens is 402 g/mol. The van der Waals surface area contributed by atoms with Crippen LogP contribution in [0.1, 0.15) is 36.4 Å². The van der Waals surface area contributed by atoms with Crippen molar-refractivity contribution < 1.29 is 14.0 Å². The van der Waals surface area contributed by atoms with Gasteiger partial charge in [-0.05, 0) is 42.2 Å². The number of nitrogens with one attached hydrogen (secondary N) is 2. The molecule has 3 aromatic rings. The lowest BCUT2D eigenvalue weighted by molar-refractivity contribution is -0.121. The Bertz CT molecular complexity index is 950. The van der Waals surface area contributed by atoms with Gasteiger partial charge in [0.25, 0.3) is 5.91 Å². The van der Waals surface area contributed by atoms with Gasteiger partial charge in [-0.2, -0.15) is 0 Å². The summed E-state index contributed by atoms with van der Waals surface area (Å²) in [7, 11) is 0. The third kappa shape index (κ3) is 6.34. The monoisotopic (exact) mass is 429 g/mol. The molecule has 0 fully saturated rings. The maximum atomic E-state index is 12.4. The minimum absolute atomic E-state index is 0. The van der Waals surface area contributed by atoms with E-state index in [4.69, 9.17) is 10.2 Å². The summed E-state index contributed by atoms with van der Waals surface area (Å²) in [4.78, 5) is 24.7. The van der Waals surface area contributed by atoms with E-state index in [9.17, 15) is 9.59 Å². The van der Waals surface area contributed by atoms with Crippen LogP contribution in [-0.4, -0.2) is 24.4 Å². The van der Waals surface area contributed by atoms with Gasteiger partial charge in [0.05, 0.1) is 6.42 Å². The molecule has 0 aliphatic carbocycles. The molecule has 2 amide bonds. The second-order valence-electron chi connectivity index (χ2n) is 7.61. The normalized spacial score (nSPS) is 11.7. The van der Waals surface area contributed by atoms with Gasteiger partial charge in [0, 0.05) is 23.7 Å². The van der Waals surface area contributed by atoms with Crippen LogP contribution in [0.3, 0.4) is 0 Å². The van der Waals surface area contributed by atoms with Gasteiger partial charge < -0.3 is 20.8 Å². The van der Waals surface area contributed by atoms with Crippen LogP contribution in [0.15, 0.2) is 59.0 Å². The Morgan fingerprint density at radius 3 is 2.40 bits per heavy atom. The fraction of sp³-hybridized carbons (Fsp3) is 0.304. The Hall–Kier alpha value is -2.83. The number of benzene rings is 2. The maximum Gasteiger partial charge on any atom is 0.291 e. The highest BCUT2D eigenvalue weighted by atomic mass is 35.5. The highest BCUT2D eigenvalue weighted by Gasteiger charge is 2.14. The van der Waals surface area contributed by atoms with Gasteiger partial charge in [0.2, 0.25) is 5.91 Å². The van der Waals surface area contributed by atoms with Crippen LogP contribution in [0.4, 0.5) is 5.69 Å². The molecule has 0 radical (unpaired) electrons. The van der Waals surface area contributed by atoms with Crippen LogP contribution in [0.2, 0.25) is 0 Å². The Labute approximate surface area is 182 Å². The van der Waals surface area contributed by atoms with E-state index in [1.54, 1.807) is 18.2 Å². The Morgan fingerprint density at radius 2 is 1.77 bits per heavy atom. The second kappa shape index (κ2) is 10.8. The number of anilines is 1. The number of halogens is 1. The van der Waals surface area contributed by atoms with Crippen molar-refractivity contribution in [1.29, 1.82) is 0 Å². The van der Waals surface area contributed by atoms with Gasteiger partial charge >= 0.3 is 0 Å². The SMILES string of the molecule is CC(C)CC(CN)NC(=O)Cc1ccc(NC(=O)c2cc3ccccc3o2)cc1.Cl. The van der Waals surface area contributed by atoms with Gasteiger partial charge in [0.1, 0.15) is 5.58 Å². The van der Waals surface area contributed by atoms with Gasteiger partial charge in [-0.3, -0.25) is 9.59 Å². The van der Waals surface area contributed by atoms with Gasteiger partial charge in [-0.15, -0.1) is 12.4 Å². The van der Waals surface area contributed by atoms with E-state index in [-0.39, 0.29) is 42.4 Å². The van der Waals surface area contributed by atoms with E-state index in [2.05, 4.69) is 24.5 Å². The maximum absolute atomic E-state index is 12.4. The molecule has 1 unspecified atom stereocenters. The number of carbonyl (C=O) groups is 2. The van der Waals surface area contributed by atoms with E-state index < -0.39 is 0 Å². The number of rotatable bonds is 8. The topological polar surface area (TPSA) is 97.4 Å². The molecule has 4 N–H and O–H groups in total. The van der Waals surface area contributed by atoms with E-state index >= 15 is 0 Å². The van der Waals surface area contributed by atoms with Crippen LogP contribution in [0.5, 0.6) is 0 Å². The van der Waals surface area contributed by atoms with Crippen molar-refractivity contribution in [1.82, 2.24) is 5.32 Å². The molecule has 160 valence electrons. The lowest BCUT2D eigenvalue weighted by atomic mass is 10.0. The number of amides is 2. The standard InChI is InChI=1S/C23H27N3O3.ClH/c1-15(2)11-19(14-24)25-22(27)12-16-7-9-18(10-8-16)26-23(28)21-13-17-5-3-4-6-20(17)29-21;/h3-10,13,15,19H,11-12,14,24H2,1-2H3,(H,25,27)(H,26,28);1H. The molecule has 0 saturated carbocycles. The van der Waals surface area contributed by atoms with Gasteiger partial charge in [-0.25, -0.2) is 0 Å². The zero-order valence-corrected chi connectivity index (χ0v) is 18.0. The molecule has 6 nitrogen and oxygen atoms in total. The molecule has 2 aromatic carbocycles. The average Bonchev–Trinajstić information content (AvgIpc) is 3.13. The summed E-state index contributed by atoms with van der Waals surface area (Å²) in [5.74, 6) is 0.359. The summed E-state index contributed by atoms with van der Waals surface area (Å²) >= 11 is 0. The molecule has 3 rings (SSSR count). The number of para-hydroxylation sites is 1. The summed E-state index contributed by atoms with van der Waals surface area (Å²) in [6, 6.07) is 16.4. The summed E-state index contributed by atoms with van der Waals surface area (Å²) in [6.45, 7) is 4.64. The number of hydrogen-bond donors (Lipinski definition) is 3. The largest absolute Gasteiger partial charge is 0.451 e. The Balaban J connectivity index is 0.00000320. The first-order valence-electron chi connectivity index (χ1n) is 9.83. The summed E-state index contributed by atoms with van der Waals surface area (Å²) in [5, 5.41) is 6.68. The van der Waals surface area contributed by atoms with Crippen molar-refractivity contribution in [3.8, 4) is 0 Å². The van der Waals surface area contributed by atoms with Crippen LogP contribution in [-0.2, 0) is 11.2 Å². The molecule has 30 heavy (non-hydrogen) atoms. The number of furan rings is 1. The van der Waals surface area contributed by atoms with Crippen molar-refractivity contribution in [2.45, 2.75) is 32.7 Å². The second-order valence-corrected chi connectivity index (χ2v) is 7.61. The number of fused-ring (bicyclic) bond motifs is 1. The van der Waals surface area contributed by atoms with Crippen molar-refractivity contribution in [2.75, 3.05) is 11.9 Å². The first-order valence-corrected chi connectivity index (χ1v) is 9.83. The molecule has 1 heterocycles. The fourth-order valence-corrected chi connectivity index (χ4v) is 3.24. The van der Waals surface area contributed by atoms with E-state index in [1.807, 2.05) is 36.4 Å². The summed E-state index contributed by atoms with van der Waals surface area (Å²) in [5.41, 5.74) is 7.92. The van der Waals surface area contributed by atoms with Crippen LogP contribution < -0.4 is 16.4 Å². The third-order valence-electron chi connectivity index (χ3n) is 4.63. The minimum atomic E-state index is -0.314. The van der Waals surface area contributed by atoms with E-state index in [0.717, 1.165) is 17.4 Å². The van der Waals surface area contributed by atoms with Gasteiger partial charge in [0.15, 0.2) is 5.76 Å². The van der Waals surface area contributed by atoms with Crippen LogP contribution in [0.25, 0.3) is 11.0 Å². The lowest BCUT2D eigenvalue weighted by Gasteiger charge is -2.18. The molecule has 1 atom stereocenters. The predicted molar refractivity (Wildman–Crippen MR) is 122 cm³/mol. The lowest BCUT2D eigenvalue weighted by Crippen LogP contribution is -2.41. The number of nitrogens with two attached hydrogens (primary N) is 1. The van der Waals surface area contributed by atoms with Crippen LogP contribution >= 0.6 is 12.4 Å². The highest BCUT2D eigenvalue weighted by Crippen LogP contribution is 2.20. The van der Waals surface area contributed by atoms with E-state index in [0.29, 0.717) is 23.7 Å². The highest BCUT2D eigenvalue weighted by molar-refractivity contribution is 6.04. The van der Waals surface area contributed by atoms with Crippen molar-refractivity contribution in [2.24, 2.45) is 11.7 Å².